The van der Waals surface area contributed by atoms with Crippen molar-refractivity contribution in [3.63, 3.8) is 0 Å². The van der Waals surface area contributed by atoms with Crippen molar-refractivity contribution in [2.45, 2.75) is 161 Å². The first-order valence-electron chi connectivity index (χ1n) is 24.3. The van der Waals surface area contributed by atoms with Crippen molar-refractivity contribution in [3.8, 4) is 0 Å². The molecule has 64 heavy (non-hydrogen) atoms. The van der Waals surface area contributed by atoms with Crippen LogP contribution in [0.25, 0.3) is 0 Å². The van der Waals surface area contributed by atoms with Crippen molar-refractivity contribution in [1.82, 2.24) is 0 Å². The Morgan fingerprint density at radius 2 is 0.938 bits per heavy atom. The summed E-state index contributed by atoms with van der Waals surface area (Å²) in [6.45, 7) is 4.37. The van der Waals surface area contributed by atoms with Crippen LogP contribution in [0, 0.1) is 0 Å². The van der Waals surface area contributed by atoms with Gasteiger partial charge in [0.2, 0.25) is 0 Å². The maximum absolute atomic E-state index is 12.8. The number of quaternary nitrogens is 1. The van der Waals surface area contributed by atoms with Gasteiger partial charge in [-0.3, -0.25) is 9.59 Å². The molecule has 0 heterocycles. The maximum Gasteiger partial charge on any atom is 0.306 e. The van der Waals surface area contributed by atoms with Crippen LogP contribution < -0.4 is 5.11 Å². The van der Waals surface area contributed by atoms with Gasteiger partial charge >= 0.3 is 11.9 Å². The van der Waals surface area contributed by atoms with E-state index in [0.29, 0.717) is 6.42 Å². The smallest absolute Gasteiger partial charge is 0.306 e. The summed E-state index contributed by atoms with van der Waals surface area (Å²) >= 11 is 0. The average Bonchev–Trinajstić information content (AvgIpc) is 3.26. The van der Waals surface area contributed by atoms with Gasteiger partial charge in [-0.15, -0.1) is 0 Å². The number of carbonyl (C=O) groups is 3. The highest BCUT2D eigenvalue weighted by Crippen LogP contribution is 2.12. The van der Waals surface area contributed by atoms with E-state index >= 15 is 0 Å². The van der Waals surface area contributed by atoms with Crippen molar-refractivity contribution in [1.29, 1.82) is 0 Å². The van der Waals surface area contributed by atoms with Crippen molar-refractivity contribution >= 4 is 17.9 Å². The number of rotatable bonds is 41. The second-order valence-corrected chi connectivity index (χ2v) is 16.7. The summed E-state index contributed by atoms with van der Waals surface area (Å²) in [5.74, 6) is -1.83. The molecule has 0 amide bonds. The maximum atomic E-state index is 12.8. The van der Waals surface area contributed by atoms with E-state index in [-0.39, 0.29) is 49.1 Å². The van der Waals surface area contributed by atoms with Gasteiger partial charge in [-0.25, -0.2) is 0 Å². The number of hydrogen-bond acceptors (Lipinski definition) is 7. The van der Waals surface area contributed by atoms with Crippen LogP contribution in [0.4, 0.5) is 0 Å². The number of carboxylic acid groups (broad SMARTS) is 1. The number of allylic oxidation sites excluding steroid dienone is 22. The van der Waals surface area contributed by atoms with Gasteiger partial charge in [0.05, 0.1) is 40.3 Å². The summed E-state index contributed by atoms with van der Waals surface area (Å²) in [6.07, 6.45) is 64.7. The molecule has 0 fully saturated rings. The first-order valence-corrected chi connectivity index (χ1v) is 24.3. The van der Waals surface area contributed by atoms with E-state index in [0.717, 1.165) is 109 Å². The molecule has 0 aliphatic rings. The summed E-state index contributed by atoms with van der Waals surface area (Å²) in [6, 6.07) is -0.746. The SMILES string of the molecule is CC/C=C/C/C=C/C/C=C/C/C=C/C/C=C/C/C=C/CCCCCC(=O)OCC(COCCC(C(=O)[O-])[N+](C)(C)C)OC(=O)CCCCCCC/C=C/C=C/C=C/C=C/C=C/CCC. The van der Waals surface area contributed by atoms with Gasteiger partial charge in [-0.1, -0.05) is 180 Å². The number of aliphatic carboxylic acids is 1. The monoisotopic (exact) mass is 886 g/mol. The van der Waals surface area contributed by atoms with Crippen LogP contribution in [-0.2, 0) is 28.6 Å². The number of ether oxygens (including phenoxy) is 3. The van der Waals surface area contributed by atoms with Crippen molar-refractivity contribution in [2.75, 3.05) is 41.0 Å². The fourth-order valence-electron chi connectivity index (χ4n) is 6.16. The number of nitrogens with zero attached hydrogens (tertiary/aromatic N) is 1. The lowest BCUT2D eigenvalue weighted by atomic mass is 10.1. The Morgan fingerprint density at radius 3 is 1.45 bits per heavy atom. The summed E-state index contributed by atoms with van der Waals surface area (Å²) in [7, 11) is 5.37. The Hall–Kier alpha value is -4.53. The lowest BCUT2D eigenvalue weighted by Gasteiger charge is -2.34. The van der Waals surface area contributed by atoms with Gasteiger partial charge in [0.25, 0.3) is 0 Å². The molecule has 0 aliphatic heterocycles. The molecule has 8 nitrogen and oxygen atoms in total. The minimum absolute atomic E-state index is 0.00858. The molecular weight excluding hydrogens is 799 g/mol. The quantitative estimate of drug-likeness (QED) is 0.0198. The van der Waals surface area contributed by atoms with Crippen LogP contribution >= 0.6 is 0 Å². The lowest BCUT2D eigenvalue weighted by Crippen LogP contribution is -2.55. The van der Waals surface area contributed by atoms with E-state index in [4.69, 9.17) is 14.2 Å². The van der Waals surface area contributed by atoms with Crippen LogP contribution in [0.2, 0.25) is 0 Å². The summed E-state index contributed by atoms with van der Waals surface area (Å²) in [5, 5.41) is 11.7. The van der Waals surface area contributed by atoms with Gasteiger partial charge in [0.15, 0.2) is 6.10 Å². The first kappa shape index (κ1) is 59.5. The number of hydrogen-bond donors (Lipinski definition) is 0. The minimum Gasteiger partial charge on any atom is -0.544 e. The van der Waals surface area contributed by atoms with E-state index in [9.17, 15) is 19.5 Å². The predicted molar refractivity (Wildman–Crippen MR) is 267 cm³/mol. The van der Waals surface area contributed by atoms with Crippen LogP contribution in [0.15, 0.2) is 134 Å². The van der Waals surface area contributed by atoms with E-state index < -0.39 is 18.1 Å². The molecule has 0 aliphatic carbocycles. The molecule has 0 bridgehead atoms. The van der Waals surface area contributed by atoms with Gasteiger partial charge in [0.1, 0.15) is 12.6 Å². The summed E-state index contributed by atoms with van der Waals surface area (Å²) < 4.78 is 17.1. The molecular formula is C56H87NO7. The van der Waals surface area contributed by atoms with Crippen molar-refractivity contribution in [3.05, 3.63) is 134 Å². The predicted octanol–water partition coefficient (Wildman–Crippen LogP) is 12.6. The summed E-state index contributed by atoms with van der Waals surface area (Å²) in [4.78, 5) is 37.0. The Balaban J connectivity index is 4.45. The third-order valence-corrected chi connectivity index (χ3v) is 9.88. The fourth-order valence-corrected chi connectivity index (χ4v) is 6.16. The number of unbranched alkanes of at least 4 members (excludes halogenated alkanes) is 9. The number of carboxylic acids is 1. The minimum atomic E-state index is -1.14. The largest absolute Gasteiger partial charge is 0.544 e. The molecule has 8 heteroatoms. The highest BCUT2D eigenvalue weighted by molar-refractivity contribution is 5.70. The highest BCUT2D eigenvalue weighted by atomic mass is 16.6. The van der Waals surface area contributed by atoms with E-state index in [2.05, 4.69) is 111 Å². The van der Waals surface area contributed by atoms with E-state index in [1.807, 2.05) is 36.5 Å². The van der Waals surface area contributed by atoms with Crippen LogP contribution in [0.5, 0.6) is 0 Å². The zero-order valence-electron chi connectivity index (χ0n) is 40.6. The van der Waals surface area contributed by atoms with Crippen LogP contribution in [0.1, 0.15) is 149 Å². The van der Waals surface area contributed by atoms with Crippen molar-refractivity contribution in [2.24, 2.45) is 0 Å². The molecule has 0 spiro atoms. The van der Waals surface area contributed by atoms with Crippen molar-refractivity contribution < 1.29 is 38.2 Å². The molecule has 0 aromatic rings. The number of likely N-dealkylation sites (N-methyl/N-ethyl adjacent to an activating group) is 1. The standard InChI is InChI=1S/C56H87NO7/c1-6-8-10-12-14-16-18-20-22-24-26-27-28-29-31-32-34-36-38-40-42-44-46-54(58)63-51-52(50-62-49-48-53(56(60)61)57(3,4)5)64-55(59)47-45-43-41-39-37-35-33-30-25-23-21-19-17-15-13-11-9-7-2/h8,10-11,13-17,19-23,25-27,29-31,33-34,36,52-53H,6-7,9,12,18,24,28,32,35,37-51H2,1-5H3/b10-8+,13-11+,16-14+,17-15+,21-19+,22-20+,25-23+,27-26+,31-29+,33-30+,36-34+. The molecule has 2 unspecified atom stereocenters. The third-order valence-electron chi connectivity index (χ3n) is 9.88. The van der Waals surface area contributed by atoms with Gasteiger partial charge in [-0.2, -0.15) is 0 Å². The normalized spacial score (nSPS) is 14.1. The lowest BCUT2D eigenvalue weighted by molar-refractivity contribution is -0.889. The zero-order valence-corrected chi connectivity index (χ0v) is 40.6. The van der Waals surface area contributed by atoms with Gasteiger partial charge in [0, 0.05) is 19.3 Å². The molecule has 0 aromatic carbocycles. The first-order chi connectivity index (χ1) is 31.1. The van der Waals surface area contributed by atoms with E-state index in [1.54, 1.807) is 21.1 Å². The van der Waals surface area contributed by atoms with Crippen LogP contribution in [0.3, 0.4) is 0 Å². The van der Waals surface area contributed by atoms with E-state index in [1.165, 1.54) is 6.42 Å². The Bertz CT molecular complexity index is 1500. The molecule has 0 radical (unpaired) electrons. The van der Waals surface area contributed by atoms with Gasteiger partial charge < -0.3 is 28.6 Å². The Kier molecular flexibility index (Phi) is 41.9. The number of esters is 2. The topological polar surface area (TPSA) is 102 Å². The summed E-state index contributed by atoms with van der Waals surface area (Å²) in [5.41, 5.74) is 0. The molecule has 2 atom stereocenters. The Labute approximate surface area is 390 Å². The second-order valence-electron chi connectivity index (χ2n) is 16.7. The Morgan fingerprint density at radius 1 is 0.500 bits per heavy atom. The molecule has 0 aromatic heterocycles. The molecule has 358 valence electrons. The average molecular weight is 886 g/mol. The molecule has 0 rings (SSSR count). The molecule has 0 saturated heterocycles. The van der Waals surface area contributed by atoms with Crippen LogP contribution in [-0.4, -0.2) is 75.5 Å². The zero-order chi connectivity index (χ0) is 47.0. The molecule has 0 saturated carbocycles. The third kappa shape index (κ3) is 42.8. The second kappa shape index (κ2) is 45.1. The number of carbonyl (C=O) groups excluding carboxylic acids is 3. The fraction of sp³-hybridized carbons (Fsp3) is 0.554. The highest BCUT2D eigenvalue weighted by Gasteiger charge is 2.25. The van der Waals surface area contributed by atoms with Gasteiger partial charge in [-0.05, 0) is 83.5 Å². The molecule has 0 N–H and O–H groups in total.